The largest absolute Gasteiger partial charge is 0.350 e. The second-order valence-corrected chi connectivity index (χ2v) is 7.52. The highest BCUT2D eigenvalue weighted by molar-refractivity contribution is 7.09. The van der Waals surface area contributed by atoms with Gasteiger partial charge in [-0.25, -0.2) is 0 Å². The highest BCUT2D eigenvalue weighted by Crippen LogP contribution is 2.17. The Hall–Kier alpha value is -2.18. The zero-order valence-corrected chi connectivity index (χ0v) is 16.4. The van der Waals surface area contributed by atoms with Crippen LogP contribution in [0.1, 0.15) is 37.1 Å². The fraction of sp³-hybridized carbons (Fsp3) is 0.400. The van der Waals surface area contributed by atoms with Crippen LogP contribution in [0.4, 0.5) is 5.69 Å². The number of nitrogens with one attached hydrogen (secondary N) is 2. The lowest BCUT2D eigenvalue weighted by Gasteiger charge is -2.19. The summed E-state index contributed by atoms with van der Waals surface area (Å²) in [5.74, 6) is 0.271. The van der Waals surface area contributed by atoms with E-state index < -0.39 is 0 Å². The number of rotatable bonds is 9. The number of carbonyl (C=O) groups is 2. The van der Waals surface area contributed by atoms with Crippen molar-refractivity contribution in [2.24, 2.45) is 0 Å². The van der Waals surface area contributed by atoms with E-state index in [2.05, 4.69) is 24.5 Å². The van der Waals surface area contributed by atoms with E-state index >= 15 is 0 Å². The summed E-state index contributed by atoms with van der Waals surface area (Å²) in [6, 6.07) is 11.8. The van der Waals surface area contributed by atoms with Crippen LogP contribution in [0, 0.1) is 0 Å². The number of nitrogens with zero attached hydrogens (tertiary/aromatic N) is 1. The quantitative estimate of drug-likeness (QED) is 0.708. The number of carbonyl (C=O) groups excluding carboxylic acids is 2. The molecule has 0 fully saturated rings. The fourth-order valence-electron chi connectivity index (χ4n) is 2.49. The lowest BCUT2D eigenvalue weighted by atomic mass is 10.0. The summed E-state index contributed by atoms with van der Waals surface area (Å²) in [4.78, 5) is 27.2. The van der Waals surface area contributed by atoms with Crippen molar-refractivity contribution >= 4 is 28.8 Å². The standard InChI is InChI=1S/C20H27N3O2S/c1-4-23(13-19(24)21-12-18-6-5-11-26-18)14-20(25)22-17-9-7-16(8-10-17)15(2)3/h5-11,15H,4,12-14H2,1-3H3,(H,21,24)(H,22,25). The molecule has 6 heteroatoms. The van der Waals surface area contributed by atoms with Gasteiger partial charge in [-0.1, -0.05) is 39.0 Å². The Balaban J connectivity index is 1.78. The maximum absolute atomic E-state index is 12.2. The average molecular weight is 374 g/mol. The third kappa shape index (κ3) is 6.61. The van der Waals surface area contributed by atoms with Gasteiger partial charge in [-0.2, -0.15) is 0 Å². The Labute approximate surface area is 159 Å². The Morgan fingerprint density at radius 2 is 1.77 bits per heavy atom. The van der Waals surface area contributed by atoms with Gasteiger partial charge in [0.05, 0.1) is 19.6 Å². The van der Waals surface area contributed by atoms with Crippen LogP contribution in [0.5, 0.6) is 0 Å². The number of benzene rings is 1. The van der Waals surface area contributed by atoms with Crippen LogP contribution in [0.15, 0.2) is 41.8 Å². The first kappa shape index (κ1) is 20.1. The highest BCUT2D eigenvalue weighted by Gasteiger charge is 2.13. The maximum Gasteiger partial charge on any atom is 0.238 e. The molecule has 1 heterocycles. The van der Waals surface area contributed by atoms with Crippen LogP contribution in [-0.4, -0.2) is 36.3 Å². The van der Waals surface area contributed by atoms with Gasteiger partial charge in [0.1, 0.15) is 0 Å². The van der Waals surface area contributed by atoms with Crippen molar-refractivity contribution < 1.29 is 9.59 Å². The molecule has 0 aliphatic rings. The molecule has 1 aromatic carbocycles. The van der Waals surface area contributed by atoms with E-state index in [4.69, 9.17) is 0 Å². The Bertz CT molecular complexity index is 696. The molecule has 2 aromatic rings. The second kappa shape index (κ2) is 10.1. The van der Waals surface area contributed by atoms with E-state index in [1.165, 1.54) is 5.56 Å². The normalized spacial score (nSPS) is 11.0. The van der Waals surface area contributed by atoms with Gasteiger partial charge >= 0.3 is 0 Å². The Morgan fingerprint density at radius 3 is 2.35 bits per heavy atom. The van der Waals surface area contributed by atoms with Crippen LogP contribution < -0.4 is 10.6 Å². The summed E-state index contributed by atoms with van der Waals surface area (Å²) in [6.07, 6.45) is 0. The number of anilines is 1. The number of thiophene rings is 1. The van der Waals surface area contributed by atoms with Crippen molar-refractivity contribution in [3.63, 3.8) is 0 Å². The third-order valence-corrected chi connectivity index (χ3v) is 4.96. The van der Waals surface area contributed by atoms with Crippen molar-refractivity contribution in [1.29, 1.82) is 0 Å². The lowest BCUT2D eigenvalue weighted by Crippen LogP contribution is -2.40. The molecule has 26 heavy (non-hydrogen) atoms. The molecule has 2 N–H and O–H groups in total. The Kier molecular flexibility index (Phi) is 7.81. The van der Waals surface area contributed by atoms with Gasteiger partial charge in [-0.05, 0) is 41.6 Å². The minimum absolute atomic E-state index is 0.0747. The number of hydrogen-bond acceptors (Lipinski definition) is 4. The van der Waals surface area contributed by atoms with Crippen molar-refractivity contribution in [3.8, 4) is 0 Å². The first-order valence-corrected chi connectivity index (χ1v) is 9.77. The molecule has 0 bridgehead atoms. The lowest BCUT2D eigenvalue weighted by molar-refractivity contribution is -0.123. The van der Waals surface area contributed by atoms with Crippen molar-refractivity contribution in [1.82, 2.24) is 10.2 Å². The summed E-state index contributed by atoms with van der Waals surface area (Å²) in [5, 5.41) is 7.76. The molecule has 5 nitrogen and oxygen atoms in total. The van der Waals surface area contributed by atoms with Gasteiger partial charge in [0, 0.05) is 10.6 Å². The van der Waals surface area contributed by atoms with E-state index in [1.54, 1.807) is 11.3 Å². The predicted octanol–water partition coefficient (Wildman–Crippen LogP) is 3.45. The molecule has 0 radical (unpaired) electrons. The minimum Gasteiger partial charge on any atom is -0.350 e. The predicted molar refractivity (Wildman–Crippen MR) is 107 cm³/mol. The van der Waals surface area contributed by atoms with Gasteiger partial charge in [-0.15, -0.1) is 11.3 Å². The summed E-state index contributed by atoms with van der Waals surface area (Å²) < 4.78 is 0. The third-order valence-electron chi connectivity index (χ3n) is 4.08. The van der Waals surface area contributed by atoms with Crippen LogP contribution in [0.3, 0.4) is 0 Å². The molecule has 0 aliphatic heterocycles. The fourth-order valence-corrected chi connectivity index (χ4v) is 3.14. The summed E-state index contributed by atoms with van der Waals surface area (Å²) in [7, 11) is 0. The molecule has 0 aliphatic carbocycles. The first-order valence-electron chi connectivity index (χ1n) is 8.89. The minimum atomic E-state index is -0.116. The van der Waals surface area contributed by atoms with Gasteiger partial charge in [-0.3, -0.25) is 14.5 Å². The number of likely N-dealkylation sites (N-methyl/N-ethyl adjacent to an activating group) is 1. The molecule has 0 unspecified atom stereocenters. The summed E-state index contributed by atoms with van der Waals surface area (Å²) in [5.41, 5.74) is 2.01. The zero-order valence-electron chi connectivity index (χ0n) is 15.6. The van der Waals surface area contributed by atoms with Crippen molar-refractivity contribution in [2.75, 3.05) is 25.0 Å². The summed E-state index contributed by atoms with van der Waals surface area (Å²) >= 11 is 1.61. The molecular formula is C20H27N3O2S. The van der Waals surface area contributed by atoms with E-state index in [0.29, 0.717) is 19.0 Å². The Morgan fingerprint density at radius 1 is 1.08 bits per heavy atom. The smallest absolute Gasteiger partial charge is 0.238 e. The molecule has 140 valence electrons. The monoisotopic (exact) mass is 373 g/mol. The molecule has 2 amide bonds. The van der Waals surface area contributed by atoms with E-state index in [-0.39, 0.29) is 24.9 Å². The van der Waals surface area contributed by atoms with E-state index in [1.807, 2.05) is 53.6 Å². The van der Waals surface area contributed by atoms with Crippen LogP contribution in [0.2, 0.25) is 0 Å². The van der Waals surface area contributed by atoms with Gasteiger partial charge in [0.15, 0.2) is 0 Å². The molecule has 0 saturated heterocycles. The van der Waals surface area contributed by atoms with Gasteiger partial charge in [0.25, 0.3) is 0 Å². The van der Waals surface area contributed by atoms with Crippen LogP contribution in [-0.2, 0) is 16.1 Å². The van der Waals surface area contributed by atoms with Gasteiger partial charge in [0.2, 0.25) is 11.8 Å². The van der Waals surface area contributed by atoms with E-state index in [9.17, 15) is 9.59 Å². The SMILES string of the molecule is CCN(CC(=O)NCc1cccs1)CC(=O)Nc1ccc(C(C)C)cc1. The maximum atomic E-state index is 12.2. The zero-order chi connectivity index (χ0) is 18.9. The topological polar surface area (TPSA) is 61.4 Å². The first-order chi connectivity index (χ1) is 12.5. The molecule has 1 aromatic heterocycles. The molecular weight excluding hydrogens is 346 g/mol. The molecule has 0 saturated carbocycles. The van der Waals surface area contributed by atoms with E-state index in [0.717, 1.165) is 10.6 Å². The van der Waals surface area contributed by atoms with Gasteiger partial charge < -0.3 is 10.6 Å². The van der Waals surface area contributed by atoms with Crippen LogP contribution >= 0.6 is 11.3 Å². The molecule has 0 atom stereocenters. The second-order valence-electron chi connectivity index (χ2n) is 6.48. The van der Waals surface area contributed by atoms with Crippen LogP contribution in [0.25, 0.3) is 0 Å². The molecule has 2 rings (SSSR count). The number of hydrogen-bond donors (Lipinski definition) is 2. The van der Waals surface area contributed by atoms with Crippen molar-refractivity contribution in [3.05, 3.63) is 52.2 Å². The number of amides is 2. The molecule has 0 spiro atoms. The summed E-state index contributed by atoms with van der Waals surface area (Å²) in [6.45, 7) is 7.77. The average Bonchev–Trinajstić information content (AvgIpc) is 3.13. The highest BCUT2D eigenvalue weighted by atomic mass is 32.1. The van der Waals surface area contributed by atoms with Crippen molar-refractivity contribution in [2.45, 2.75) is 33.2 Å².